The molecule has 0 bridgehead atoms. The van der Waals surface area contributed by atoms with Crippen molar-refractivity contribution in [1.29, 1.82) is 0 Å². The molecule has 1 aliphatic rings. The molecule has 3 nitrogen and oxygen atoms in total. The van der Waals surface area contributed by atoms with Crippen molar-refractivity contribution in [2.75, 3.05) is 0 Å². The van der Waals surface area contributed by atoms with E-state index in [4.69, 9.17) is 4.74 Å². The van der Waals surface area contributed by atoms with Gasteiger partial charge in [0.15, 0.2) is 0 Å². The van der Waals surface area contributed by atoms with Crippen molar-refractivity contribution in [3.8, 4) is 0 Å². The molecule has 1 aliphatic heterocycles. The Morgan fingerprint density at radius 1 is 1.67 bits per heavy atom. The number of hydrogen-bond donors (Lipinski definition) is 0. The summed E-state index contributed by atoms with van der Waals surface area (Å²) in [5.74, 6) is -0.275. The van der Waals surface area contributed by atoms with Gasteiger partial charge in [-0.3, -0.25) is 0 Å². The maximum Gasteiger partial charge on any atom is 0.334 e. The number of halogens is 1. The molecule has 1 heterocycles. The first kappa shape index (κ1) is 12.4. The van der Waals surface area contributed by atoms with E-state index >= 15 is 0 Å². The van der Waals surface area contributed by atoms with Crippen molar-refractivity contribution in [1.82, 2.24) is 0 Å². The van der Waals surface area contributed by atoms with E-state index in [1.54, 1.807) is 0 Å². The van der Waals surface area contributed by atoms with Gasteiger partial charge in [0.25, 0.3) is 0 Å². The van der Waals surface area contributed by atoms with Crippen LogP contribution in [0.4, 0.5) is 0 Å². The monoisotopic (exact) mass is 320 g/mol. The Morgan fingerprint density at radius 2 is 2.40 bits per heavy atom. The second-order valence-corrected chi connectivity index (χ2v) is 4.12. The van der Waals surface area contributed by atoms with Gasteiger partial charge < -0.3 is 9.53 Å². The van der Waals surface area contributed by atoms with Crippen molar-refractivity contribution in [2.45, 2.75) is 32.3 Å². The lowest BCUT2D eigenvalue weighted by molar-refractivity contribution is -0.139. The fraction of sp³-hybridized carbons (Fsp3) is 0.455. The summed E-state index contributed by atoms with van der Waals surface area (Å²) in [5, 5.41) is 0. The highest BCUT2D eigenvalue weighted by Crippen LogP contribution is 2.22. The standard InChI is InChI=1S/C11H13IO3/c1-8(7-12)5-10-6-9(3-2-4-13)11(14)15-10/h4,6-7,10H,2-3,5H2,1H3/b8-7+/t10-/m0/s1. The van der Waals surface area contributed by atoms with Gasteiger partial charge in [-0.15, -0.1) is 0 Å². The fourth-order valence-corrected chi connectivity index (χ4v) is 1.66. The zero-order valence-corrected chi connectivity index (χ0v) is 10.7. The summed E-state index contributed by atoms with van der Waals surface area (Å²) in [4.78, 5) is 21.5. The van der Waals surface area contributed by atoms with E-state index in [9.17, 15) is 9.59 Å². The molecule has 0 fully saturated rings. The highest BCUT2D eigenvalue weighted by atomic mass is 127. The van der Waals surface area contributed by atoms with Crippen LogP contribution in [0.2, 0.25) is 0 Å². The molecule has 1 rings (SSSR count). The van der Waals surface area contributed by atoms with E-state index in [-0.39, 0.29) is 12.1 Å². The van der Waals surface area contributed by atoms with Crippen molar-refractivity contribution in [3.05, 3.63) is 21.3 Å². The van der Waals surface area contributed by atoms with Crippen molar-refractivity contribution < 1.29 is 14.3 Å². The van der Waals surface area contributed by atoms with Crippen LogP contribution in [-0.4, -0.2) is 18.4 Å². The molecule has 4 heteroatoms. The highest BCUT2D eigenvalue weighted by molar-refractivity contribution is 14.1. The average molecular weight is 320 g/mol. The molecule has 0 saturated heterocycles. The normalized spacial score (nSPS) is 21.2. The molecule has 0 aromatic heterocycles. The minimum atomic E-state index is -0.275. The Balaban J connectivity index is 2.54. The van der Waals surface area contributed by atoms with Gasteiger partial charge in [0.1, 0.15) is 12.4 Å². The van der Waals surface area contributed by atoms with E-state index in [0.717, 1.165) is 12.7 Å². The number of carbonyl (C=O) groups is 2. The van der Waals surface area contributed by atoms with Gasteiger partial charge in [-0.2, -0.15) is 0 Å². The first-order valence-electron chi connectivity index (χ1n) is 4.78. The van der Waals surface area contributed by atoms with Crippen LogP contribution < -0.4 is 0 Å². The minimum Gasteiger partial charge on any atom is -0.454 e. The smallest absolute Gasteiger partial charge is 0.334 e. The van der Waals surface area contributed by atoms with Gasteiger partial charge >= 0.3 is 5.97 Å². The summed E-state index contributed by atoms with van der Waals surface area (Å²) < 4.78 is 7.13. The molecule has 0 spiro atoms. The zero-order valence-electron chi connectivity index (χ0n) is 8.53. The van der Waals surface area contributed by atoms with Crippen LogP contribution >= 0.6 is 22.6 Å². The van der Waals surface area contributed by atoms with Crippen LogP contribution in [0.3, 0.4) is 0 Å². The Morgan fingerprint density at radius 3 is 3.00 bits per heavy atom. The Kier molecular flexibility index (Phi) is 5.01. The predicted octanol–water partition coefficient (Wildman–Crippen LogP) is 2.55. The summed E-state index contributed by atoms with van der Waals surface area (Å²) in [7, 11) is 0. The van der Waals surface area contributed by atoms with E-state index in [0.29, 0.717) is 18.4 Å². The molecule has 0 amide bonds. The second-order valence-electron chi connectivity index (χ2n) is 3.50. The number of ether oxygens (including phenoxy) is 1. The Hall–Kier alpha value is -0.650. The van der Waals surface area contributed by atoms with Crippen LogP contribution in [0.1, 0.15) is 26.2 Å². The van der Waals surface area contributed by atoms with Crippen LogP contribution in [0, 0.1) is 0 Å². The van der Waals surface area contributed by atoms with Crippen molar-refractivity contribution >= 4 is 34.8 Å². The molecular formula is C11H13IO3. The summed E-state index contributed by atoms with van der Waals surface area (Å²) in [5.41, 5.74) is 1.81. The Labute approximate surface area is 103 Å². The molecule has 0 aliphatic carbocycles. The maximum absolute atomic E-state index is 11.3. The van der Waals surface area contributed by atoms with Crippen LogP contribution in [0.15, 0.2) is 21.3 Å². The number of esters is 1. The number of cyclic esters (lactones) is 1. The minimum absolute atomic E-state index is 0.148. The summed E-state index contributed by atoms with van der Waals surface area (Å²) >= 11 is 2.16. The molecule has 82 valence electrons. The zero-order chi connectivity index (χ0) is 11.3. The molecule has 15 heavy (non-hydrogen) atoms. The molecule has 0 saturated carbocycles. The van der Waals surface area contributed by atoms with Gasteiger partial charge in [-0.1, -0.05) is 28.2 Å². The average Bonchev–Trinajstić information content (AvgIpc) is 2.55. The molecule has 0 radical (unpaired) electrons. The lowest BCUT2D eigenvalue weighted by Crippen LogP contribution is -2.08. The summed E-state index contributed by atoms with van der Waals surface area (Å²) in [6.07, 6.45) is 4.11. The van der Waals surface area contributed by atoms with E-state index in [1.807, 2.05) is 17.1 Å². The summed E-state index contributed by atoms with van der Waals surface area (Å²) in [6.45, 7) is 2.00. The lowest BCUT2D eigenvalue weighted by atomic mass is 10.1. The van der Waals surface area contributed by atoms with Crippen LogP contribution in [0.25, 0.3) is 0 Å². The molecule has 0 aromatic carbocycles. The molecule has 0 unspecified atom stereocenters. The topological polar surface area (TPSA) is 43.4 Å². The van der Waals surface area contributed by atoms with Gasteiger partial charge in [0.2, 0.25) is 0 Å². The number of aldehydes is 1. The van der Waals surface area contributed by atoms with Crippen molar-refractivity contribution in [2.24, 2.45) is 0 Å². The van der Waals surface area contributed by atoms with Crippen LogP contribution in [-0.2, 0) is 14.3 Å². The third-order valence-electron chi connectivity index (χ3n) is 2.15. The Bertz CT molecular complexity index is 318. The largest absolute Gasteiger partial charge is 0.454 e. The lowest BCUT2D eigenvalue weighted by Gasteiger charge is -2.06. The second kappa shape index (κ2) is 6.05. The fourth-order valence-electron chi connectivity index (χ4n) is 1.40. The highest BCUT2D eigenvalue weighted by Gasteiger charge is 2.24. The number of carbonyl (C=O) groups excluding carboxylic acids is 2. The third kappa shape index (κ3) is 3.77. The number of rotatable bonds is 5. The molecule has 0 aromatic rings. The number of hydrogen-bond acceptors (Lipinski definition) is 3. The molecule has 0 N–H and O–H groups in total. The van der Waals surface area contributed by atoms with Gasteiger partial charge in [-0.25, -0.2) is 4.79 Å². The third-order valence-corrected chi connectivity index (χ3v) is 3.21. The van der Waals surface area contributed by atoms with Gasteiger partial charge in [0, 0.05) is 18.4 Å². The molecular weight excluding hydrogens is 307 g/mol. The molecule has 1 atom stereocenters. The SMILES string of the molecule is C/C(=C\I)C[C@H]1C=C(CCC=O)C(=O)O1. The first-order chi connectivity index (χ1) is 7.17. The van der Waals surface area contributed by atoms with Gasteiger partial charge in [0.05, 0.1) is 0 Å². The summed E-state index contributed by atoms with van der Waals surface area (Å²) in [6, 6.07) is 0. The van der Waals surface area contributed by atoms with Crippen molar-refractivity contribution in [3.63, 3.8) is 0 Å². The predicted molar refractivity (Wildman–Crippen MR) is 65.7 cm³/mol. The first-order valence-corrected chi connectivity index (χ1v) is 6.03. The maximum atomic E-state index is 11.3. The quantitative estimate of drug-likeness (QED) is 0.444. The van der Waals surface area contributed by atoms with E-state index < -0.39 is 0 Å². The van der Waals surface area contributed by atoms with Crippen LogP contribution in [0.5, 0.6) is 0 Å². The van der Waals surface area contributed by atoms with Gasteiger partial charge in [-0.05, 0) is 23.5 Å². The van der Waals surface area contributed by atoms with E-state index in [1.165, 1.54) is 5.57 Å². The van der Waals surface area contributed by atoms with E-state index in [2.05, 4.69) is 22.6 Å².